The lowest BCUT2D eigenvalue weighted by Gasteiger charge is -2.10. The summed E-state index contributed by atoms with van der Waals surface area (Å²) in [4.78, 5) is 3.98. The highest BCUT2D eigenvalue weighted by Crippen LogP contribution is 2.14. The van der Waals surface area contributed by atoms with Gasteiger partial charge in [-0.2, -0.15) is 0 Å². The Balaban J connectivity index is 2.57. The monoisotopic (exact) mass is 297 g/mol. The van der Waals surface area contributed by atoms with Crippen molar-refractivity contribution >= 4 is 21.9 Å². The van der Waals surface area contributed by atoms with Gasteiger partial charge < -0.3 is 10.6 Å². The number of rotatable bonds is 3. The molecule has 0 atom stereocenters. The number of aliphatic imine (C=N–C) groups is 1. The first-order valence-corrected chi connectivity index (χ1v) is 5.78. The number of nitrogens with one attached hydrogen (secondary N) is 2. The van der Waals surface area contributed by atoms with Crippen LogP contribution in [0.2, 0.25) is 0 Å². The summed E-state index contributed by atoms with van der Waals surface area (Å²) in [5.74, 6) is 2.76. The summed E-state index contributed by atoms with van der Waals surface area (Å²) in [6, 6.07) is 4.71. The van der Waals surface area contributed by atoms with Crippen molar-refractivity contribution in [2.75, 3.05) is 13.6 Å². The molecule has 0 amide bonds. The van der Waals surface area contributed by atoms with Crippen molar-refractivity contribution in [3.05, 3.63) is 34.1 Å². The number of hydrogen-bond donors (Lipinski definition) is 2. The first-order chi connectivity index (χ1) is 8.15. The molecule has 90 valence electrons. The zero-order valence-electron chi connectivity index (χ0n) is 9.43. The van der Waals surface area contributed by atoms with Crippen molar-refractivity contribution in [1.82, 2.24) is 10.6 Å². The molecule has 0 heterocycles. The SMILES string of the molecule is C#CCNC(=NC)NCc1cc(F)cc(Br)c1. The van der Waals surface area contributed by atoms with Crippen LogP contribution in [-0.2, 0) is 6.54 Å². The summed E-state index contributed by atoms with van der Waals surface area (Å²) >= 11 is 3.24. The lowest BCUT2D eigenvalue weighted by atomic mass is 10.2. The average Bonchev–Trinajstić information content (AvgIpc) is 2.28. The van der Waals surface area contributed by atoms with Gasteiger partial charge in [0.05, 0.1) is 6.54 Å². The van der Waals surface area contributed by atoms with E-state index >= 15 is 0 Å². The second-order valence-electron chi connectivity index (χ2n) is 3.26. The largest absolute Gasteiger partial charge is 0.352 e. The standard InChI is InChI=1S/C12H13BrFN3/c1-3-4-16-12(15-2)17-8-9-5-10(13)7-11(14)6-9/h1,5-7H,4,8H2,2H3,(H2,15,16,17). The highest BCUT2D eigenvalue weighted by Gasteiger charge is 2.00. The molecule has 0 unspecified atom stereocenters. The molecule has 1 aromatic rings. The first-order valence-electron chi connectivity index (χ1n) is 4.98. The minimum atomic E-state index is -0.275. The minimum absolute atomic E-state index is 0.275. The Morgan fingerprint density at radius 1 is 1.47 bits per heavy atom. The lowest BCUT2D eigenvalue weighted by molar-refractivity contribution is 0.623. The molecule has 0 radical (unpaired) electrons. The summed E-state index contributed by atoms with van der Waals surface area (Å²) in [6.07, 6.45) is 5.13. The van der Waals surface area contributed by atoms with Crippen LogP contribution in [0.1, 0.15) is 5.56 Å². The van der Waals surface area contributed by atoms with E-state index < -0.39 is 0 Å². The summed E-state index contributed by atoms with van der Waals surface area (Å²) in [7, 11) is 1.65. The molecular weight excluding hydrogens is 285 g/mol. The number of nitrogens with zero attached hydrogens (tertiary/aromatic N) is 1. The van der Waals surface area contributed by atoms with Gasteiger partial charge in [-0.15, -0.1) is 6.42 Å². The van der Waals surface area contributed by atoms with E-state index in [9.17, 15) is 4.39 Å². The molecule has 0 saturated carbocycles. The van der Waals surface area contributed by atoms with E-state index in [1.807, 2.05) is 6.07 Å². The number of terminal acetylenes is 1. The second kappa shape index (κ2) is 6.92. The summed E-state index contributed by atoms with van der Waals surface area (Å²) in [5, 5.41) is 5.95. The number of halogens is 2. The van der Waals surface area contributed by atoms with Crippen LogP contribution in [0, 0.1) is 18.2 Å². The van der Waals surface area contributed by atoms with Gasteiger partial charge in [0.2, 0.25) is 0 Å². The van der Waals surface area contributed by atoms with Gasteiger partial charge in [0, 0.05) is 18.1 Å². The van der Waals surface area contributed by atoms with Gasteiger partial charge >= 0.3 is 0 Å². The highest BCUT2D eigenvalue weighted by atomic mass is 79.9. The summed E-state index contributed by atoms with van der Waals surface area (Å²) in [6.45, 7) is 0.868. The normalized spacial score (nSPS) is 10.8. The van der Waals surface area contributed by atoms with E-state index in [2.05, 4.69) is 37.5 Å². The molecule has 17 heavy (non-hydrogen) atoms. The summed E-state index contributed by atoms with van der Waals surface area (Å²) < 4.78 is 13.8. The maximum absolute atomic E-state index is 13.1. The van der Waals surface area contributed by atoms with Gasteiger partial charge in [-0.3, -0.25) is 4.99 Å². The predicted octanol–water partition coefficient (Wildman–Crippen LogP) is 1.89. The van der Waals surface area contributed by atoms with Crippen LogP contribution in [0.4, 0.5) is 4.39 Å². The van der Waals surface area contributed by atoms with Crippen molar-refractivity contribution in [3.63, 3.8) is 0 Å². The van der Waals surface area contributed by atoms with E-state index in [-0.39, 0.29) is 5.82 Å². The van der Waals surface area contributed by atoms with Crippen molar-refractivity contribution in [1.29, 1.82) is 0 Å². The van der Waals surface area contributed by atoms with E-state index in [0.717, 1.165) is 5.56 Å². The fourth-order valence-corrected chi connectivity index (χ4v) is 1.77. The smallest absolute Gasteiger partial charge is 0.192 e. The molecular formula is C12H13BrFN3. The van der Waals surface area contributed by atoms with Gasteiger partial charge in [0.25, 0.3) is 0 Å². The minimum Gasteiger partial charge on any atom is -0.352 e. The third kappa shape index (κ3) is 4.87. The van der Waals surface area contributed by atoms with Gasteiger partial charge in [-0.05, 0) is 23.8 Å². The molecule has 0 aliphatic rings. The Bertz CT molecular complexity index is 431. The van der Waals surface area contributed by atoms with Crippen LogP contribution >= 0.6 is 15.9 Å². The zero-order chi connectivity index (χ0) is 12.7. The van der Waals surface area contributed by atoms with Gasteiger partial charge in [0.15, 0.2) is 5.96 Å². The van der Waals surface area contributed by atoms with Crippen molar-refractivity contribution in [3.8, 4) is 12.3 Å². The molecule has 0 spiro atoms. The quantitative estimate of drug-likeness (QED) is 0.508. The van der Waals surface area contributed by atoms with Crippen LogP contribution in [0.5, 0.6) is 0 Å². The topological polar surface area (TPSA) is 36.4 Å². The van der Waals surface area contributed by atoms with Crippen LogP contribution in [0.25, 0.3) is 0 Å². The molecule has 1 aromatic carbocycles. The average molecular weight is 298 g/mol. The molecule has 1 rings (SSSR count). The molecule has 0 aliphatic heterocycles. The zero-order valence-corrected chi connectivity index (χ0v) is 11.0. The molecule has 0 bridgehead atoms. The second-order valence-corrected chi connectivity index (χ2v) is 4.18. The molecule has 3 nitrogen and oxygen atoms in total. The third-order valence-corrected chi connectivity index (χ3v) is 2.42. The van der Waals surface area contributed by atoms with Crippen molar-refractivity contribution in [2.45, 2.75) is 6.54 Å². The van der Waals surface area contributed by atoms with Crippen LogP contribution < -0.4 is 10.6 Å². The molecule has 0 saturated heterocycles. The van der Waals surface area contributed by atoms with Crippen LogP contribution in [0.15, 0.2) is 27.7 Å². The fourth-order valence-electron chi connectivity index (χ4n) is 1.25. The summed E-state index contributed by atoms with van der Waals surface area (Å²) in [5.41, 5.74) is 0.820. The van der Waals surface area contributed by atoms with E-state index in [0.29, 0.717) is 23.5 Å². The van der Waals surface area contributed by atoms with Gasteiger partial charge in [-0.1, -0.05) is 21.9 Å². The van der Waals surface area contributed by atoms with Crippen molar-refractivity contribution in [2.24, 2.45) is 4.99 Å². The Morgan fingerprint density at radius 2 is 2.24 bits per heavy atom. The van der Waals surface area contributed by atoms with Gasteiger partial charge in [-0.25, -0.2) is 4.39 Å². The third-order valence-electron chi connectivity index (χ3n) is 1.96. The predicted molar refractivity (Wildman–Crippen MR) is 71.1 cm³/mol. The Morgan fingerprint density at radius 3 is 2.82 bits per heavy atom. The lowest BCUT2D eigenvalue weighted by Crippen LogP contribution is -2.36. The van der Waals surface area contributed by atoms with Crippen LogP contribution in [-0.4, -0.2) is 19.6 Å². The molecule has 0 aromatic heterocycles. The fraction of sp³-hybridized carbons (Fsp3) is 0.250. The van der Waals surface area contributed by atoms with E-state index in [1.165, 1.54) is 12.1 Å². The van der Waals surface area contributed by atoms with E-state index in [1.54, 1.807) is 7.05 Å². The number of hydrogen-bond acceptors (Lipinski definition) is 1. The van der Waals surface area contributed by atoms with Crippen molar-refractivity contribution < 1.29 is 4.39 Å². The maximum Gasteiger partial charge on any atom is 0.192 e. The highest BCUT2D eigenvalue weighted by molar-refractivity contribution is 9.10. The first kappa shape index (κ1) is 13.5. The molecule has 0 aliphatic carbocycles. The Hall–Kier alpha value is -1.54. The Kier molecular flexibility index (Phi) is 5.50. The maximum atomic E-state index is 13.1. The number of benzene rings is 1. The number of guanidine groups is 1. The molecule has 5 heteroatoms. The molecule has 0 fully saturated rings. The van der Waals surface area contributed by atoms with Crippen LogP contribution in [0.3, 0.4) is 0 Å². The van der Waals surface area contributed by atoms with E-state index in [4.69, 9.17) is 6.42 Å². The Labute approximate surface area is 109 Å². The van der Waals surface area contributed by atoms with Gasteiger partial charge in [0.1, 0.15) is 5.82 Å². The molecule has 2 N–H and O–H groups in total.